The molecular formula is C21H21FN6O. The van der Waals surface area contributed by atoms with Gasteiger partial charge in [-0.1, -0.05) is 0 Å². The Morgan fingerprint density at radius 2 is 1.69 bits per heavy atom. The highest BCUT2D eigenvalue weighted by atomic mass is 19.1. The molecule has 1 aromatic carbocycles. The van der Waals surface area contributed by atoms with Crippen LogP contribution in [0, 0.1) is 5.82 Å². The van der Waals surface area contributed by atoms with E-state index in [9.17, 15) is 9.18 Å². The Labute approximate surface area is 168 Å². The number of nitrogens with one attached hydrogen (secondary N) is 1. The monoisotopic (exact) mass is 392 g/mol. The maximum atomic E-state index is 13.1. The molecule has 0 bridgehead atoms. The molecule has 1 aliphatic heterocycles. The first kappa shape index (κ1) is 18.8. The number of pyridine rings is 1. The van der Waals surface area contributed by atoms with Gasteiger partial charge in [0.15, 0.2) is 0 Å². The number of benzene rings is 1. The molecule has 7 nitrogen and oxygen atoms in total. The number of piperazine rings is 1. The lowest BCUT2D eigenvalue weighted by Gasteiger charge is -2.35. The molecule has 0 aliphatic carbocycles. The van der Waals surface area contributed by atoms with Crippen molar-refractivity contribution in [2.45, 2.75) is 6.54 Å². The Morgan fingerprint density at radius 1 is 0.966 bits per heavy atom. The van der Waals surface area contributed by atoms with Gasteiger partial charge < -0.3 is 15.1 Å². The molecule has 1 saturated heterocycles. The third kappa shape index (κ3) is 4.66. The minimum Gasteiger partial charge on any atom is -0.368 e. The summed E-state index contributed by atoms with van der Waals surface area (Å²) in [5.74, 6) is 0.233. The zero-order valence-corrected chi connectivity index (χ0v) is 15.8. The SMILES string of the molecule is O=C(c1cnc(NCc2ccncc2)cn1)N1CCN(c2ccc(F)cc2)CC1. The summed E-state index contributed by atoms with van der Waals surface area (Å²) in [7, 11) is 0. The van der Waals surface area contributed by atoms with E-state index in [0.29, 0.717) is 44.2 Å². The molecule has 8 heteroatoms. The fourth-order valence-corrected chi connectivity index (χ4v) is 3.20. The standard InChI is InChI=1S/C21H21FN6O/c22-17-1-3-18(4-2-17)27-9-11-28(12-10-27)21(29)19-14-26-20(15-24-19)25-13-16-5-7-23-8-6-16/h1-8,14-15H,9-13H2,(H,25,26). The van der Waals surface area contributed by atoms with Gasteiger partial charge in [0.25, 0.3) is 5.91 Å². The molecule has 0 unspecified atom stereocenters. The fraction of sp³-hybridized carbons (Fsp3) is 0.238. The van der Waals surface area contributed by atoms with Gasteiger partial charge in [-0.25, -0.2) is 14.4 Å². The van der Waals surface area contributed by atoms with Crippen LogP contribution in [-0.2, 0) is 6.54 Å². The molecule has 1 fully saturated rings. The van der Waals surface area contributed by atoms with Crippen LogP contribution in [0.4, 0.5) is 15.9 Å². The Morgan fingerprint density at radius 3 is 2.34 bits per heavy atom. The van der Waals surface area contributed by atoms with Gasteiger partial charge in [0.1, 0.15) is 17.3 Å². The van der Waals surface area contributed by atoms with Crippen LogP contribution in [0.5, 0.6) is 0 Å². The number of nitrogens with zero attached hydrogens (tertiary/aromatic N) is 5. The van der Waals surface area contributed by atoms with Crippen LogP contribution in [0.1, 0.15) is 16.1 Å². The summed E-state index contributed by atoms with van der Waals surface area (Å²) >= 11 is 0. The van der Waals surface area contributed by atoms with Gasteiger partial charge in [-0.3, -0.25) is 9.78 Å². The van der Waals surface area contributed by atoms with Crippen LogP contribution < -0.4 is 10.2 Å². The molecule has 3 heterocycles. The number of carbonyl (C=O) groups is 1. The summed E-state index contributed by atoms with van der Waals surface area (Å²) < 4.78 is 13.1. The summed E-state index contributed by atoms with van der Waals surface area (Å²) in [5, 5.41) is 3.17. The molecule has 1 N–H and O–H groups in total. The third-order valence-electron chi connectivity index (χ3n) is 4.85. The van der Waals surface area contributed by atoms with Gasteiger partial charge in [-0.2, -0.15) is 0 Å². The number of halogens is 1. The van der Waals surface area contributed by atoms with E-state index in [-0.39, 0.29) is 11.7 Å². The minimum atomic E-state index is -0.250. The van der Waals surface area contributed by atoms with Crippen LogP contribution in [0.2, 0.25) is 0 Å². The first-order valence-electron chi connectivity index (χ1n) is 9.44. The van der Waals surface area contributed by atoms with Gasteiger partial charge in [0.2, 0.25) is 0 Å². The third-order valence-corrected chi connectivity index (χ3v) is 4.85. The van der Waals surface area contributed by atoms with E-state index >= 15 is 0 Å². The van der Waals surface area contributed by atoms with Crippen molar-refractivity contribution >= 4 is 17.4 Å². The molecule has 0 radical (unpaired) electrons. The maximum absolute atomic E-state index is 13.1. The van der Waals surface area contributed by atoms with Crippen molar-refractivity contribution in [1.82, 2.24) is 19.9 Å². The second-order valence-corrected chi connectivity index (χ2v) is 6.75. The lowest BCUT2D eigenvalue weighted by molar-refractivity contribution is 0.0740. The van der Waals surface area contributed by atoms with Gasteiger partial charge in [-0.15, -0.1) is 0 Å². The van der Waals surface area contributed by atoms with Crippen molar-refractivity contribution in [3.05, 3.63) is 78.3 Å². The number of aromatic nitrogens is 3. The van der Waals surface area contributed by atoms with E-state index in [1.54, 1.807) is 35.6 Å². The molecule has 0 spiro atoms. The molecular weight excluding hydrogens is 371 g/mol. The van der Waals surface area contributed by atoms with Gasteiger partial charge in [-0.05, 0) is 42.0 Å². The number of carbonyl (C=O) groups excluding carboxylic acids is 1. The predicted octanol–water partition coefficient (Wildman–Crippen LogP) is 2.59. The van der Waals surface area contributed by atoms with E-state index in [2.05, 4.69) is 25.2 Å². The predicted molar refractivity (Wildman–Crippen MR) is 108 cm³/mol. The van der Waals surface area contributed by atoms with Crippen molar-refractivity contribution in [1.29, 1.82) is 0 Å². The molecule has 148 valence electrons. The first-order chi connectivity index (χ1) is 14.2. The molecule has 3 aromatic rings. The average molecular weight is 392 g/mol. The van der Waals surface area contributed by atoms with Gasteiger partial charge in [0, 0.05) is 50.8 Å². The lowest BCUT2D eigenvalue weighted by atomic mass is 10.2. The number of amides is 1. The van der Waals surface area contributed by atoms with E-state index in [1.165, 1.54) is 18.3 Å². The Kier molecular flexibility index (Phi) is 5.60. The minimum absolute atomic E-state index is 0.128. The van der Waals surface area contributed by atoms with Crippen LogP contribution in [-0.4, -0.2) is 51.9 Å². The highest BCUT2D eigenvalue weighted by Crippen LogP contribution is 2.17. The summed E-state index contributed by atoms with van der Waals surface area (Å²) in [4.78, 5) is 29.2. The van der Waals surface area contributed by atoms with Crippen molar-refractivity contribution in [2.24, 2.45) is 0 Å². The lowest BCUT2D eigenvalue weighted by Crippen LogP contribution is -2.49. The molecule has 1 amide bonds. The Bertz CT molecular complexity index is 941. The zero-order chi connectivity index (χ0) is 20.1. The average Bonchev–Trinajstić information content (AvgIpc) is 2.79. The van der Waals surface area contributed by atoms with Crippen molar-refractivity contribution < 1.29 is 9.18 Å². The molecule has 0 atom stereocenters. The van der Waals surface area contributed by atoms with E-state index in [4.69, 9.17) is 0 Å². The quantitative estimate of drug-likeness (QED) is 0.720. The smallest absolute Gasteiger partial charge is 0.274 e. The molecule has 0 saturated carbocycles. The Hall–Kier alpha value is -3.55. The van der Waals surface area contributed by atoms with Crippen molar-refractivity contribution in [2.75, 3.05) is 36.4 Å². The van der Waals surface area contributed by atoms with Gasteiger partial charge in [0.05, 0.1) is 12.4 Å². The number of hydrogen-bond donors (Lipinski definition) is 1. The fourth-order valence-electron chi connectivity index (χ4n) is 3.20. The van der Waals surface area contributed by atoms with E-state index in [0.717, 1.165) is 11.3 Å². The van der Waals surface area contributed by atoms with Crippen LogP contribution >= 0.6 is 0 Å². The highest BCUT2D eigenvalue weighted by Gasteiger charge is 2.23. The molecule has 1 aliphatic rings. The van der Waals surface area contributed by atoms with E-state index in [1.807, 2.05) is 12.1 Å². The first-order valence-corrected chi connectivity index (χ1v) is 9.44. The Balaban J connectivity index is 1.31. The normalized spacial score (nSPS) is 14.0. The van der Waals surface area contributed by atoms with Crippen molar-refractivity contribution in [3.63, 3.8) is 0 Å². The number of hydrogen-bond acceptors (Lipinski definition) is 6. The number of anilines is 2. The zero-order valence-electron chi connectivity index (χ0n) is 15.8. The highest BCUT2D eigenvalue weighted by molar-refractivity contribution is 5.92. The summed E-state index contributed by atoms with van der Waals surface area (Å²) in [6.07, 6.45) is 6.55. The second kappa shape index (κ2) is 8.64. The number of rotatable bonds is 5. The summed E-state index contributed by atoms with van der Waals surface area (Å²) in [6.45, 7) is 3.16. The molecule has 29 heavy (non-hydrogen) atoms. The topological polar surface area (TPSA) is 74.2 Å². The second-order valence-electron chi connectivity index (χ2n) is 6.75. The van der Waals surface area contributed by atoms with Crippen molar-refractivity contribution in [3.8, 4) is 0 Å². The largest absolute Gasteiger partial charge is 0.368 e. The van der Waals surface area contributed by atoms with Crippen LogP contribution in [0.25, 0.3) is 0 Å². The molecule has 2 aromatic heterocycles. The maximum Gasteiger partial charge on any atom is 0.274 e. The summed E-state index contributed by atoms with van der Waals surface area (Å²) in [5.41, 5.74) is 2.37. The van der Waals surface area contributed by atoms with Crippen LogP contribution in [0.15, 0.2) is 61.2 Å². The van der Waals surface area contributed by atoms with E-state index < -0.39 is 0 Å². The summed E-state index contributed by atoms with van der Waals surface area (Å²) in [6, 6.07) is 10.3. The van der Waals surface area contributed by atoms with Gasteiger partial charge >= 0.3 is 0 Å². The van der Waals surface area contributed by atoms with Crippen LogP contribution in [0.3, 0.4) is 0 Å². The molecule has 4 rings (SSSR count).